The van der Waals surface area contributed by atoms with Gasteiger partial charge in [-0.2, -0.15) is 0 Å². The van der Waals surface area contributed by atoms with Crippen molar-refractivity contribution in [1.29, 1.82) is 0 Å². The molecule has 0 fully saturated rings. The van der Waals surface area contributed by atoms with Crippen LogP contribution in [0.2, 0.25) is 0 Å². The van der Waals surface area contributed by atoms with Crippen molar-refractivity contribution in [1.82, 2.24) is 9.80 Å². The van der Waals surface area contributed by atoms with Gasteiger partial charge in [0, 0.05) is 29.5 Å². The molecule has 0 amide bonds. The Bertz CT molecular complexity index is 1430. The van der Waals surface area contributed by atoms with Crippen molar-refractivity contribution >= 4 is 40.6 Å². The molecule has 0 radical (unpaired) electrons. The lowest BCUT2D eigenvalue weighted by atomic mass is 10.1. The molecule has 2 heterocycles. The molecule has 8 N–H and O–H groups in total. The lowest BCUT2D eigenvalue weighted by Gasteiger charge is -2.34. The lowest BCUT2D eigenvalue weighted by molar-refractivity contribution is -0.0540. The fourth-order valence-electron chi connectivity index (χ4n) is 3.87. The monoisotopic (exact) mass is 581 g/mol. The van der Waals surface area contributed by atoms with E-state index in [9.17, 15) is 22.8 Å². The molecule has 1 aliphatic heterocycles. The maximum Gasteiger partial charge on any atom is 0.472 e. The Balaban J connectivity index is 1.51. The van der Waals surface area contributed by atoms with Crippen LogP contribution in [0.1, 0.15) is 16.5 Å². The zero-order valence-corrected chi connectivity index (χ0v) is 22.6. The lowest BCUT2D eigenvalue weighted by Crippen LogP contribution is -2.43. The van der Waals surface area contributed by atoms with E-state index < -0.39 is 30.3 Å². The van der Waals surface area contributed by atoms with Crippen molar-refractivity contribution in [2.45, 2.75) is 23.8 Å². The van der Waals surface area contributed by atoms with Crippen LogP contribution in [0.3, 0.4) is 0 Å². The Labute approximate surface area is 224 Å². The molecule has 1 aromatic heterocycles. The van der Waals surface area contributed by atoms with E-state index in [0.717, 1.165) is 10.4 Å². The minimum absolute atomic E-state index is 0.00226. The molecule has 38 heavy (non-hydrogen) atoms. The number of nitrogen functional groups attached to an aromatic ring is 2. The Kier molecular flexibility index (Phi) is 8.33. The highest BCUT2D eigenvalue weighted by atomic mass is 32.2. The minimum Gasteiger partial charge on any atom is -0.481 e. The van der Waals surface area contributed by atoms with E-state index >= 15 is 0 Å². The molecule has 3 aromatic rings. The summed E-state index contributed by atoms with van der Waals surface area (Å²) >= 11 is 1.47. The van der Waals surface area contributed by atoms with Gasteiger partial charge in [-0.15, -0.1) is 11.3 Å². The van der Waals surface area contributed by atoms with Gasteiger partial charge in [0.25, 0.3) is 0 Å². The number of rotatable bonds is 11. The highest BCUT2D eigenvalue weighted by Gasteiger charge is 2.35. The number of nitrogens with zero attached hydrogens (tertiary/aromatic N) is 2. The first-order chi connectivity index (χ1) is 17.9. The molecule has 0 saturated heterocycles. The third kappa shape index (κ3) is 7.26. The van der Waals surface area contributed by atoms with Gasteiger partial charge in [0.15, 0.2) is 6.10 Å². The van der Waals surface area contributed by atoms with Crippen molar-refractivity contribution in [2.24, 2.45) is 5.14 Å². The minimum atomic E-state index is -4.87. The summed E-state index contributed by atoms with van der Waals surface area (Å²) in [6.45, 7) is 0.507. The first kappa shape index (κ1) is 27.9. The molecule has 2 aromatic carbocycles. The number of nitrogens with two attached hydrogens (primary N) is 3. The average Bonchev–Trinajstić information content (AvgIpc) is 3.48. The van der Waals surface area contributed by atoms with Crippen LogP contribution in [-0.2, 0) is 25.5 Å². The molecule has 1 aliphatic rings. The molecule has 204 valence electrons. The summed E-state index contributed by atoms with van der Waals surface area (Å²) in [4.78, 5) is 23.3. The molecule has 15 heteroatoms. The quantitative estimate of drug-likeness (QED) is 0.165. The summed E-state index contributed by atoms with van der Waals surface area (Å²) in [5, 5.41) is 7.05. The van der Waals surface area contributed by atoms with Crippen molar-refractivity contribution in [2.75, 3.05) is 24.6 Å². The largest absolute Gasteiger partial charge is 0.481 e. The van der Waals surface area contributed by atoms with Gasteiger partial charge in [-0.3, -0.25) is 0 Å². The van der Waals surface area contributed by atoms with Crippen LogP contribution in [-0.4, -0.2) is 47.4 Å². The number of thiophene rings is 1. The number of benzene rings is 2. The topological polar surface area (TPSA) is 195 Å². The number of hydrogen-bond donors (Lipinski definition) is 5. The van der Waals surface area contributed by atoms with Gasteiger partial charge >= 0.3 is 7.82 Å². The van der Waals surface area contributed by atoms with Crippen LogP contribution >= 0.6 is 19.2 Å². The molecular formula is C23H28N5O7PS2. The Hall–Kier alpha value is -3.10. The summed E-state index contributed by atoms with van der Waals surface area (Å²) in [6, 6.07) is 14.8. The summed E-state index contributed by atoms with van der Waals surface area (Å²) in [5.74, 6) is 0.424. The zero-order valence-electron chi connectivity index (χ0n) is 20.0. The van der Waals surface area contributed by atoms with Crippen LogP contribution in [0.25, 0.3) is 0 Å². The number of phosphoric acid groups is 1. The van der Waals surface area contributed by atoms with E-state index in [1.54, 1.807) is 52.5 Å². The van der Waals surface area contributed by atoms with E-state index in [2.05, 4.69) is 0 Å². The van der Waals surface area contributed by atoms with E-state index in [0.29, 0.717) is 30.1 Å². The Morgan fingerprint density at radius 2 is 1.76 bits per heavy atom. The van der Waals surface area contributed by atoms with Gasteiger partial charge in [0.2, 0.25) is 16.4 Å². The fraction of sp³-hybridized carbons (Fsp3) is 0.217. The summed E-state index contributed by atoms with van der Waals surface area (Å²) < 4.78 is 46.2. The second-order valence-corrected chi connectivity index (χ2v) is 12.2. The van der Waals surface area contributed by atoms with E-state index in [1.807, 2.05) is 17.5 Å². The first-order valence-electron chi connectivity index (χ1n) is 11.3. The molecule has 0 aliphatic carbocycles. The van der Waals surface area contributed by atoms with Gasteiger partial charge in [0.1, 0.15) is 5.75 Å². The fourth-order valence-corrected chi connectivity index (χ4v) is 5.62. The molecular weight excluding hydrogens is 553 g/mol. The van der Waals surface area contributed by atoms with E-state index in [4.69, 9.17) is 25.9 Å². The standard InChI is InChI=1S/C23H28N5O7PS2/c24-17-5-8-20(19(25)14-17)34-21(22-2-1-13-37-22)15-28-12-11-27(23(28)35-36(29,30)31)10-9-16-3-6-18(7-4-16)38(26,32)33/h1-8,11-14,21,23H,9-10,15,24-25H2,(H2,26,32,33)(H2,29,30,31). The summed E-state index contributed by atoms with van der Waals surface area (Å²) in [5.41, 5.74) is 13.5. The van der Waals surface area contributed by atoms with Gasteiger partial charge in [-0.25, -0.2) is 22.6 Å². The summed E-state index contributed by atoms with van der Waals surface area (Å²) in [6.07, 6.45) is 2.12. The van der Waals surface area contributed by atoms with Crippen LogP contribution < -0.4 is 21.3 Å². The third-order valence-electron chi connectivity index (χ3n) is 5.70. The van der Waals surface area contributed by atoms with Crippen LogP contribution in [0, 0.1) is 0 Å². The molecule has 2 unspecified atom stereocenters. The maximum absolute atomic E-state index is 11.8. The predicted octanol–water partition coefficient (Wildman–Crippen LogP) is 2.40. The molecule has 0 bridgehead atoms. The SMILES string of the molecule is Nc1ccc(OC(CN2C=CN(CCc3ccc(S(N)(=O)=O)cc3)C2OP(=O)(O)O)c2cccs2)c(N)c1. The highest BCUT2D eigenvalue weighted by Crippen LogP contribution is 2.41. The maximum atomic E-state index is 11.8. The number of phosphoric ester groups is 1. The van der Waals surface area contributed by atoms with E-state index in [1.165, 1.54) is 23.5 Å². The molecule has 0 saturated carbocycles. The van der Waals surface area contributed by atoms with E-state index in [-0.39, 0.29) is 11.4 Å². The average molecular weight is 582 g/mol. The Morgan fingerprint density at radius 1 is 1.05 bits per heavy atom. The number of primary sulfonamides is 1. The third-order valence-corrected chi connectivity index (χ3v) is 8.06. The number of ether oxygens (including phenoxy) is 1. The molecule has 2 atom stereocenters. The second kappa shape index (κ2) is 11.3. The second-order valence-electron chi connectivity index (χ2n) is 8.51. The van der Waals surface area contributed by atoms with Gasteiger partial charge in [-0.1, -0.05) is 18.2 Å². The van der Waals surface area contributed by atoms with Gasteiger partial charge in [-0.05, 0) is 53.8 Å². The molecule has 12 nitrogen and oxygen atoms in total. The van der Waals surface area contributed by atoms with Crippen molar-refractivity contribution in [3.63, 3.8) is 0 Å². The normalized spacial score (nSPS) is 16.7. The first-order valence-corrected chi connectivity index (χ1v) is 15.3. The van der Waals surface area contributed by atoms with Gasteiger partial charge < -0.3 is 35.8 Å². The van der Waals surface area contributed by atoms with Crippen molar-refractivity contribution < 1.29 is 32.0 Å². The number of sulfonamides is 1. The molecule has 4 rings (SSSR count). The van der Waals surface area contributed by atoms with Crippen molar-refractivity contribution in [3.05, 3.63) is 82.8 Å². The highest BCUT2D eigenvalue weighted by molar-refractivity contribution is 7.89. The van der Waals surface area contributed by atoms with Crippen molar-refractivity contribution in [3.8, 4) is 5.75 Å². The predicted molar refractivity (Wildman–Crippen MR) is 144 cm³/mol. The zero-order chi connectivity index (χ0) is 27.5. The van der Waals surface area contributed by atoms with Crippen LogP contribution in [0.5, 0.6) is 5.75 Å². The smallest absolute Gasteiger partial charge is 0.472 e. The number of anilines is 2. The number of hydrogen-bond acceptors (Lipinski definition) is 10. The van der Waals surface area contributed by atoms with Gasteiger partial charge in [0.05, 0.1) is 17.1 Å². The van der Waals surface area contributed by atoms with Crippen LogP contribution in [0.4, 0.5) is 11.4 Å². The Morgan fingerprint density at radius 3 is 2.37 bits per heavy atom. The summed E-state index contributed by atoms with van der Waals surface area (Å²) in [7, 11) is -8.67. The molecule has 0 spiro atoms. The van der Waals surface area contributed by atoms with Crippen LogP contribution in [0.15, 0.2) is 77.3 Å².